The van der Waals surface area contributed by atoms with Gasteiger partial charge in [-0.25, -0.2) is 4.79 Å². The molecule has 0 aliphatic rings. The maximum absolute atomic E-state index is 11.3. The van der Waals surface area contributed by atoms with Crippen molar-refractivity contribution in [1.82, 2.24) is 14.8 Å². The summed E-state index contributed by atoms with van der Waals surface area (Å²) in [4.78, 5) is 14.3. The highest BCUT2D eigenvalue weighted by molar-refractivity contribution is 5.93. The summed E-state index contributed by atoms with van der Waals surface area (Å²) >= 11 is 0. The molecule has 2 aromatic heterocycles. The van der Waals surface area contributed by atoms with Gasteiger partial charge >= 0.3 is 5.97 Å². The molecule has 0 fully saturated rings. The highest BCUT2D eigenvalue weighted by Gasteiger charge is 2.11. The molecule has 1 N–H and O–H groups in total. The molecule has 5 nitrogen and oxygen atoms in total. The lowest BCUT2D eigenvalue weighted by Crippen LogP contribution is -2.05. The molecule has 0 aromatic carbocycles. The molecule has 0 saturated heterocycles. The van der Waals surface area contributed by atoms with Gasteiger partial charge in [0.05, 0.1) is 12.8 Å². The lowest BCUT2D eigenvalue weighted by molar-refractivity contribution is 0.0520. The number of hydrogen-bond acceptors (Lipinski definition) is 3. The van der Waals surface area contributed by atoms with Crippen LogP contribution >= 0.6 is 0 Å². The van der Waals surface area contributed by atoms with E-state index in [4.69, 9.17) is 4.74 Å². The number of nitrogens with one attached hydrogen (secondary N) is 1. The van der Waals surface area contributed by atoms with E-state index in [1.165, 1.54) is 0 Å². The van der Waals surface area contributed by atoms with Crippen LogP contribution in [-0.4, -0.2) is 27.3 Å². The van der Waals surface area contributed by atoms with Crippen LogP contribution in [-0.2, 0) is 11.8 Å². The summed E-state index contributed by atoms with van der Waals surface area (Å²) in [6, 6.07) is 1.74. The predicted molar refractivity (Wildman–Crippen MR) is 51.0 cm³/mol. The molecule has 0 spiro atoms. The first-order valence-electron chi connectivity index (χ1n) is 4.40. The van der Waals surface area contributed by atoms with Gasteiger partial charge in [0.25, 0.3) is 0 Å². The van der Waals surface area contributed by atoms with Crippen molar-refractivity contribution in [3.05, 3.63) is 18.0 Å². The summed E-state index contributed by atoms with van der Waals surface area (Å²) in [6.07, 6.45) is 1.70. The molecule has 74 valence electrons. The summed E-state index contributed by atoms with van der Waals surface area (Å²) < 4.78 is 6.55. The Labute approximate surface area is 80.7 Å². The summed E-state index contributed by atoms with van der Waals surface area (Å²) in [6.45, 7) is 2.16. The summed E-state index contributed by atoms with van der Waals surface area (Å²) in [5.74, 6) is -0.330. The first-order chi connectivity index (χ1) is 6.72. The van der Waals surface area contributed by atoms with Crippen LogP contribution in [0.3, 0.4) is 0 Å². The summed E-state index contributed by atoms with van der Waals surface area (Å²) in [7, 11) is 1.81. The Balaban J connectivity index is 2.40. The first kappa shape index (κ1) is 8.80. The Morgan fingerprint density at radius 2 is 2.50 bits per heavy atom. The van der Waals surface area contributed by atoms with Gasteiger partial charge in [-0.2, -0.15) is 5.10 Å². The van der Waals surface area contributed by atoms with E-state index in [0.717, 1.165) is 11.0 Å². The number of aromatic nitrogens is 3. The van der Waals surface area contributed by atoms with Crippen LogP contribution in [0, 0.1) is 0 Å². The second-order valence-corrected chi connectivity index (χ2v) is 2.98. The molecule has 5 heteroatoms. The number of esters is 1. The Bertz CT molecular complexity index is 469. The van der Waals surface area contributed by atoms with Gasteiger partial charge < -0.3 is 9.72 Å². The number of rotatable bonds is 2. The number of ether oxygens (including phenoxy) is 1. The number of nitrogens with zero attached hydrogens (tertiary/aromatic N) is 2. The van der Waals surface area contributed by atoms with Gasteiger partial charge in [-0.15, -0.1) is 0 Å². The molecule has 0 amide bonds. The van der Waals surface area contributed by atoms with E-state index in [-0.39, 0.29) is 5.97 Å². The van der Waals surface area contributed by atoms with Crippen LogP contribution in [0.2, 0.25) is 0 Å². The average molecular weight is 193 g/mol. The molecule has 0 saturated carbocycles. The van der Waals surface area contributed by atoms with Gasteiger partial charge in [0.2, 0.25) is 0 Å². The van der Waals surface area contributed by atoms with Crippen LogP contribution in [0.25, 0.3) is 11.0 Å². The van der Waals surface area contributed by atoms with Gasteiger partial charge in [-0.05, 0) is 13.0 Å². The van der Waals surface area contributed by atoms with Gasteiger partial charge in [-0.1, -0.05) is 0 Å². The largest absolute Gasteiger partial charge is 0.461 e. The maximum Gasteiger partial charge on any atom is 0.354 e. The van der Waals surface area contributed by atoms with Crippen molar-refractivity contribution < 1.29 is 9.53 Å². The van der Waals surface area contributed by atoms with Crippen molar-refractivity contribution in [2.24, 2.45) is 7.05 Å². The SMILES string of the molecule is CCOC(=O)c1cc2cnn(C)c2[nH]1. The van der Waals surface area contributed by atoms with Crippen LogP contribution in [0.1, 0.15) is 17.4 Å². The highest BCUT2D eigenvalue weighted by Crippen LogP contribution is 2.14. The fourth-order valence-electron chi connectivity index (χ4n) is 1.35. The molecule has 0 radical (unpaired) electrons. The standard InChI is InChI=1S/C9H11N3O2/c1-3-14-9(13)7-4-6-5-10-12(2)8(6)11-7/h4-5,11H,3H2,1-2H3. The van der Waals surface area contributed by atoms with Gasteiger partial charge in [0, 0.05) is 12.4 Å². The number of fused-ring (bicyclic) bond motifs is 1. The van der Waals surface area contributed by atoms with Crippen LogP contribution in [0.15, 0.2) is 12.3 Å². The average Bonchev–Trinajstić information content (AvgIpc) is 2.69. The third-order valence-electron chi connectivity index (χ3n) is 2.02. The zero-order chi connectivity index (χ0) is 10.1. The molecule has 0 aliphatic carbocycles. The van der Waals surface area contributed by atoms with E-state index in [1.807, 2.05) is 7.05 Å². The number of hydrogen-bond donors (Lipinski definition) is 1. The van der Waals surface area contributed by atoms with Crippen molar-refractivity contribution in [2.45, 2.75) is 6.92 Å². The quantitative estimate of drug-likeness (QED) is 0.726. The van der Waals surface area contributed by atoms with Gasteiger partial charge in [0.15, 0.2) is 0 Å². The number of H-pyrrole nitrogens is 1. The molecule has 2 heterocycles. The fourth-order valence-corrected chi connectivity index (χ4v) is 1.35. The lowest BCUT2D eigenvalue weighted by atomic mass is 10.4. The van der Waals surface area contributed by atoms with Crippen molar-refractivity contribution in [2.75, 3.05) is 6.61 Å². The smallest absolute Gasteiger partial charge is 0.354 e. The van der Waals surface area contributed by atoms with Crippen LogP contribution < -0.4 is 0 Å². The monoisotopic (exact) mass is 193 g/mol. The van der Waals surface area contributed by atoms with Gasteiger partial charge in [-0.3, -0.25) is 4.68 Å². The molecule has 0 unspecified atom stereocenters. The molecule has 14 heavy (non-hydrogen) atoms. The van der Waals surface area contributed by atoms with E-state index in [2.05, 4.69) is 10.1 Å². The van der Waals surface area contributed by atoms with E-state index < -0.39 is 0 Å². The fraction of sp³-hybridized carbons (Fsp3) is 0.333. The van der Waals surface area contributed by atoms with Gasteiger partial charge in [0.1, 0.15) is 11.3 Å². The van der Waals surface area contributed by atoms with E-state index >= 15 is 0 Å². The minimum absolute atomic E-state index is 0.330. The van der Waals surface area contributed by atoms with Crippen molar-refractivity contribution >= 4 is 17.0 Å². The Kier molecular flexibility index (Phi) is 1.99. The Hall–Kier alpha value is -1.78. The second kappa shape index (κ2) is 3.17. The minimum Gasteiger partial charge on any atom is -0.461 e. The van der Waals surface area contributed by atoms with E-state index in [0.29, 0.717) is 12.3 Å². The van der Waals surface area contributed by atoms with Crippen molar-refractivity contribution in [3.63, 3.8) is 0 Å². The second-order valence-electron chi connectivity index (χ2n) is 2.98. The van der Waals surface area contributed by atoms with Crippen molar-refractivity contribution in [3.8, 4) is 0 Å². The van der Waals surface area contributed by atoms with E-state index in [1.54, 1.807) is 23.9 Å². The normalized spacial score (nSPS) is 10.7. The molecular weight excluding hydrogens is 182 g/mol. The topological polar surface area (TPSA) is 59.9 Å². The van der Waals surface area contributed by atoms with Crippen LogP contribution in [0.4, 0.5) is 0 Å². The first-order valence-corrected chi connectivity index (χ1v) is 4.40. The molecule has 2 aromatic rings. The van der Waals surface area contributed by atoms with Crippen molar-refractivity contribution in [1.29, 1.82) is 0 Å². The summed E-state index contributed by atoms with van der Waals surface area (Å²) in [5, 5.41) is 4.95. The lowest BCUT2D eigenvalue weighted by Gasteiger charge is -1.97. The number of aromatic amines is 1. The third-order valence-corrected chi connectivity index (χ3v) is 2.02. The zero-order valence-electron chi connectivity index (χ0n) is 8.07. The molecule has 0 bridgehead atoms. The maximum atomic E-state index is 11.3. The Morgan fingerprint density at radius 3 is 3.14 bits per heavy atom. The third kappa shape index (κ3) is 1.26. The number of carbonyl (C=O) groups is 1. The predicted octanol–water partition coefficient (Wildman–Crippen LogP) is 1.08. The molecule has 0 aliphatic heterocycles. The molecule has 0 atom stereocenters. The number of aryl methyl sites for hydroxylation is 1. The molecule has 2 rings (SSSR count). The molecular formula is C9H11N3O2. The van der Waals surface area contributed by atoms with Crippen LogP contribution in [0.5, 0.6) is 0 Å². The Morgan fingerprint density at radius 1 is 1.71 bits per heavy atom. The zero-order valence-corrected chi connectivity index (χ0v) is 8.07. The highest BCUT2D eigenvalue weighted by atomic mass is 16.5. The summed E-state index contributed by atoms with van der Waals surface area (Å²) in [5.41, 5.74) is 1.29. The number of carbonyl (C=O) groups excluding carboxylic acids is 1. The minimum atomic E-state index is -0.330. The van der Waals surface area contributed by atoms with E-state index in [9.17, 15) is 4.79 Å².